The second kappa shape index (κ2) is 11.0. The molecule has 7 nitrogen and oxygen atoms in total. The van der Waals surface area contributed by atoms with Crippen LogP contribution in [0, 0.1) is 0 Å². The van der Waals surface area contributed by atoms with Crippen LogP contribution in [0.3, 0.4) is 0 Å². The molecule has 1 aliphatic rings. The molecule has 0 saturated carbocycles. The molecule has 0 saturated heterocycles. The highest BCUT2D eigenvalue weighted by atomic mass is 32.2. The summed E-state index contributed by atoms with van der Waals surface area (Å²) in [5.41, 5.74) is 3.95. The third-order valence-corrected chi connectivity index (χ3v) is 6.31. The van der Waals surface area contributed by atoms with Crippen molar-refractivity contribution in [1.82, 2.24) is 10.2 Å². The Labute approximate surface area is 205 Å². The Morgan fingerprint density at radius 3 is 2.09 bits per heavy atom. The quantitative estimate of drug-likeness (QED) is 0.569. The molecule has 8 heteroatoms. The first-order valence-corrected chi connectivity index (χ1v) is 12.3. The molecule has 1 unspecified atom stereocenters. The minimum atomic E-state index is -0.821. The van der Waals surface area contributed by atoms with Gasteiger partial charge in [-0.1, -0.05) is 48.5 Å². The smallest absolute Gasteiger partial charge is 0.407 e. The molecule has 0 radical (unpaired) electrons. The number of nitrogens with zero attached hydrogens (tertiary/aromatic N) is 1. The van der Waals surface area contributed by atoms with Crippen molar-refractivity contribution in [3.8, 4) is 11.1 Å². The van der Waals surface area contributed by atoms with Crippen LogP contribution in [0.1, 0.15) is 37.8 Å². The summed E-state index contributed by atoms with van der Waals surface area (Å²) in [5.74, 6) is -0.399. The SMILES string of the molecule is CN(C)C(=O)C(CSCC(=O)OC(C)(C)C)NC(=O)OCC1c2ccccc2-c2ccccc21. The average molecular weight is 485 g/mol. The van der Waals surface area contributed by atoms with Crippen LogP contribution in [-0.4, -0.2) is 66.7 Å². The Hall–Kier alpha value is -3.00. The molecule has 0 fully saturated rings. The molecule has 0 aliphatic heterocycles. The predicted octanol–water partition coefficient (Wildman–Crippen LogP) is 4.06. The zero-order chi connectivity index (χ0) is 24.9. The molecule has 3 rings (SSSR count). The molecular formula is C26H32N2O5S. The number of ether oxygens (including phenoxy) is 2. The van der Waals surface area contributed by atoms with Gasteiger partial charge in [0, 0.05) is 25.8 Å². The summed E-state index contributed by atoms with van der Waals surface area (Å²) in [7, 11) is 3.24. The highest BCUT2D eigenvalue weighted by Gasteiger charge is 2.30. The lowest BCUT2D eigenvalue weighted by Gasteiger charge is -2.22. The Kier molecular flexibility index (Phi) is 8.25. The second-order valence-electron chi connectivity index (χ2n) is 9.36. The van der Waals surface area contributed by atoms with Crippen LogP contribution >= 0.6 is 11.8 Å². The summed E-state index contributed by atoms with van der Waals surface area (Å²) >= 11 is 1.23. The number of nitrogens with one attached hydrogen (secondary N) is 1. The van der Waals surface area contributed by atoms with E-state index >= 15 is 0 Å². The molecule has 1 N–H and O–H groups in total. The van der Waals surface area contributed by atoms with E-state index < -0.39 is 17.7 Å². The normalized spacial score (nSPS) is 13.4. The van der Waals surface area contributed by atoms with E-state index in [1.165, 1.54) is 16.7 Å². The molecule has 0 aromatic heterocycles. The molecule has 182 valence electrons. The van der Waals surface area contributed by atoms with Crippen molar-refractivity contribution in [3.63, 3.8) is 0 Å². The van der Waals surface area contributed by atoms with Gasteiger partial charge in [-0.15, -0.1) is 11.8 Å². The Morgan fingerprint density at radius 2 is 1.56 bits per heavy atom. The van der Waals surface area contributed by atoms with E-state index in [1.807, 2.05) is 36.4 Å². The lowest BCUT2D eigenvalue weighted by atomic mass is 9.98. The van der Waals surface area contributed by atoms with Crippen molar-refractivity contribution in [2.45, 2.75) is 38.3 Å². The highest BCUT2D eigenvalue weighted by Crippen LogP contribution is 2.44. The van der Waals surface area contributed by atoms with Crippen molar-refractivity contribution in [3.05, 3.63) is 59.7 Å². The van der Waals surface area contributed by atoms with Crippen LogP contribution in [0.25, 0.3) is 11.1 Å². The summed E-state index contributed by atoms with van der Waals surface area (Å²) < 4.78 is 10.9. The number of rotatable bonds is 8. The topological polar surface area (TPSA) is 84.9 Å². The van der Waals surface area contributed by atoms with E-state index in [4.69, 9.17) is 9.47 Å². The average Bonchev–Trinajstić information content (AvgIpc) is 3.09. The zero-order valence-electron chi connectivity index (χ0n) is 20.3. The number of fused-ring (bicyclic) bond motifs is 3. The first kappa shape index (κ1) is 25.6. The molecule has 2 amide bonds. The maximum absolute atomic E-state index is 12.6. The van der Waals surface area contributed by atoms with Gasteiger partial charge in [-0.2, -0.15) is 0 Å². The number of alkyl carbamates (subject to hydrolysis) is 1. The van der Waals surface area contributed by atoms with Crippen molar-refractivity contribution in [2.75, 3.05) is 32.2 Å². The molecule has 0 heterocycles. The maximum atomic E-state index is 12.6. The van der Waals surface area contributed by atoms with E-state index in [9.17, 15) is 14.4 Å². The number of carbonyl (C=O) groups excluding carboxylic acids is 3. The molecule has 1 atom stereocenters. The second-order valence-corrected chi connectivity index (χ2v) is 10.4. The van der Waals surface area contributed by atoms with Crippen LogP contribution in [0.4, 0.5) is 4.79 Å². The van der Waals surface area contributed by atoms with Crippen LogP contribution in [-0.2, 0) is 19.1 Å². The zero-order valence-corrected chi connectivity index (χ0v) is 21.1. The summed E-state index contributed by atoms with van der Waals surface area (Å²) in [6.07, 6.45) is -0.667. The van der Waals surface area contributed by atoms with Gasteiger partial charge in [-0.05, 0) is 43.0 Å². The largest absolute Gasteiger partial charge is 0.459 e. The van der Waals surface area contributed by atoms with Gasteiger partial charge < -0.3 is 19.7 Å². The summed E-state index contributed by atoms with van der Waals surface area (Å²) in [5, 5.41) is 2.67. The maximum Gasteiger partial charge on any atom is 0.407 e. The van der Waals surface area contributed by atoms with E-state index in [0.29, 0.717) is 0 Å². The van der Waals surface area contributed by atoms with Gasteiger partial charge in [-0.3, -0.25) is 9.59 Å². The summed E-state index contributed by atoms with van der Waals surface area (Å²) in [6.45, 7) is 5.56. The van der Waals surface area contributed by atoms with E-state index in [-0.39, 0.29) is 35.9 Å². The fourth-order valence-electron chi connectivity index (χ4n) is 3.90. The van der Waals surface area contributed by atoms with Crippen molar-refractivity contribution in [2.24, 2.45) is 0 Å². The van der Waals surface area contributed by atoms with Crippen LogP contribution < -0.4 is 5.32 Å². The molecule has 34 heavy (non-hydrogen) atoms. The van der Waals surface area contributed by atoms with E-state index in [2.05, 4.69) is 17.4 Å². The molecule has 2 aromatic rings. The van der Waals surface area contributed by atoms with Gasteiger partial charge in [0.05, 0.1) is 5.75 Å². The van der Waals surface area contributed by atoms with E-state index in [1.54, 1.807) is 34.9 Å². The third-order valence-electron chi connectivity index (χ3n) is 5.30. The fraction of sp³-hybridized carbons (Fsp3) is 0.423. The van der Waals surface area contributed by atoms with Crippen LogP contribution in [0.2, 0.25) is 0 Å². The summed E-state index contributed by atoms with van der Waals surface area (Å²) in [6, 6.07) is 15.4. The van der Waals surface area contributed by atoms with E-state index in [0.717, 1.165) is 22.3 Å². The highest BCUT2D eigenvalue weighted by molar-refractivity contribution is 8.00. The van der Waals surface area contributed by atoms with Gasteiger partial charge >= 0.3 is 12.1 Å². The van der Waals surface area contributed by atoms with Gasteiger partial charge in [0.2, 0.25) is 5.91 Å². The Morgan fingerprint density at radius 1 is 1.00 bits per heavy atom. The minimum absolute atomic E-state index is 0.0670. The predicted molar refractivity (Wildman–Crippen MR) is 134 cm³/mol. The number of carbonyl (C=O) groups is 3. The standard InChI is InChI=1S/C26H32N2O5S/c1-26(2,3)33-23(29)16-34-15-22(24(30)28(4)5)27-25(31)32-14-21-19-12-8-6-10-17(19)18-11-7-9-13-20(18)21/h6-13,21-22H,14-16H2,1-5H3,(H,27,31). The van der Waals surface area contributed by atoms with Crippen LogP contribution in [0.15, 0.2) is 48.5 Å². The van der Waals surface area contributed by atoms with Crippen molar-refractivity contribution >= 4 is 29.7 Å². The van der Waals surface area contributed by atoms with Crippen molar-refractivity contribution < 1.29 is 23.9 Å². The van der Waals surface area contributed by atoms with Crippen LogP contribution in [0.5, 0.6) is 0 Å². The number of esters is 1. The number of thioether (sulfide) groups is 1. The molecular weight excluding hydrogens is 452 g/mol. The minimum Gasteiger partial charge on any atom is -0.459 e. The molecule has 0 spiro atoms. The van der Waals surface area contributed by atoms with Gasteiger partial charge in [0.1, 0.15) is 18.2 Å². The van der Waals surface area contributed by atoms with Gasteiger partial charge in [0.25, 0.3) is 0 Å². The number of hydrogen-bond acceptors (Lipinski definition) is 6. The third kappa shape index (κ3) is 6.53. The molecule has 2 aromatic carbocycles. The number of amides is 2. The Balaban J connectivity index is 1.59. The van der Waals surface area contributed by atoms with Gasteiger partial charge in [-0.25, -0.2) is 4.79 Å². The number of benzene rings is 2. The first-order chi connectivity index (χ1) is 16.1. The molecule has 1 aliphatic carbocycles. The van der Waals surface area contributed by atoms with Crippen molar-refractivity contribution in [1.29, 1.82) is 0 Å². The lowest BCUT2D eigenvalue weighted by Crippen LogP contribution is -2.48. The van der Waals surface area contributed by atoms with Gasteiger partial charge in [0.15, 0.2) is 0 Å². The Bertz CT molecular complexity index is 1000. The monoisotopic (exact) mass is 484 g/mol. The number of likely N-dealkylation sites (N-methyl/N-ethyl adjacent to an activating group) is 1. The summed E-state index contributed by atoms with van der Waals surface area (Å²) in [4.78, 5) is 38.6. The lowest BCUT2D eigenvalue weighted by molar-refractivity contribution is -0.151. The molecule has 0 bridgehead atoms. The number of hydrogen-bond donors (Lipinski definition) is 1. The fourth-order valence-corrected chi connectivity index (χ4v) is 4.70. The first-order valence-electron chi connectivity index (χ1n) is 11.2.